The van der Waals surface area contributed by atoms with Crippen LogP contribution in [0.1, 0.15) is 31.2 Å². The average molecular weight is 238 g/mol. The largest absolute Gasteiger partial charge is 0.384 e. The molecule has 16 heavy (non-hydrogen) atoms. The maximum Gasteiger partial charge on any atom is 0.107 e. The van der Waals surface area contributed by atoms with Crippen LogP contribution in [0.3, 0.4) is 0 Å². The Kier molecular flexibility index (Phi) is 3.31. The van der Waals surface area contributed by atoms with Crippen LogP contribution in [-0.2, 0) is 0 Å². The summed E-state index contributed by atoms with van der Waals surface area (Å²) >= 11 is 6.15. The molecule has 1 aliphatic rings. The molecule has 0 bridgehead atoms. The second kappa shape index (κ2) is 4.56. The lowest BCUT2D eigenvalue weighted by atomic mass is 9.90. The van der Waals surface area contributed by atoms with Gasteiger partial charge in [0.1, 0.15) is 5.60 Å². The molecule has 0 heterocycles. The van der Waals surface area contributed by atoms with Crippen LogP contribution >= 0.6 is 11.6 Å². The summed E-state index contributed by atoms with van der Waals surface area (Å²) in [7, 11) is 1.72. The number of hydrogen-bond acceptors (Lipinski definition) is 2. The van der Waals surface area contributed by atoms with Gasteiger partial charge in [0, 0.05) is 17.6 Å². The van der Waals surface area contributed by atoms with Crippen molar-refractivity contribution in [3.05, 3.63) is 34.9 Å². The molecule has 1 saturated carbocycles. The average Bonchev–Trinajstić information content (AvgIpc) is 2.70. The zero-order chi connectivity index (χ0) is 11.6. The van der Waals surface area contributed by atoms with Crippen molar-refractivity contribution >= 4 is 17.3 Å². The van der Waals surface area contributed by atoms with Crippen LogP contribution in [0.25, 0.3) is 0 Å². The first-order valence-electron chi connectivity index (χ1n) is 5.62. The molecule has 1 aromatic rings. The minimum atomic E-state index is -0.778. The van der Waals surface area contributed by atoms with Gasteiger partial charge in [-0.05, 0) is 18.9 Å². The van der Waals surface area contributed by atoms with E-state index in [1.807, 2.05) is 24.3 Å². The van der Waals surface area contributed by atoms with Crippen molar-refractivity contribution in [2.75, 3.05) is 7.05 Å². The van der Waals surface area contributed by atoms with Crippen LogP contribution in [0.5, 0.6) is 0 Å². The third kappa shape index (κ3) is 2.00. The summed E-state index contributed by atoms with van der Waals surface area (Å²) < 4.78 is 0. The number of benzene rings is 1. The van der Waals surface area contributed by atoms with E-state index in [9.17, 15) is 5.11 Å². The Morgan fingerprint density at radius 1 is 1.31 bits per heavy atom. The molecule has 2 nitrogen and oxygen atoms in total. The summed E-state index contributed by atoms with van der Waals surface area (Å²) in [5.41, 5.74) is 0.811. The normalized spacial score (nSPS) is 20.1. The van der Waals surface area contributed by atoms with Crippen molar-refractivity contribution in [2.45, 2.75) is 31.3 Å². The number of nitrogens with zero attached hydrogens (tertiary/aromatic N) is 1. The molecule has 0 aliphatic heterocycles. The Balaban J connectivity index is 2.41. The van der Waals surface area contributed by atoms with Gasteiger partial charge in [-0.15, -0.1) is 0 Å². The molecule has 0 aromatic heterocycles. The van der Waals surface area contributed by atoms with E-state index in [0.29, 0.717) is 5.02 Å². The van der Waals surface area contributed by atoms with Crippen LogP contribution in [0.2, 0.25) is 5.02 Å². The third-order valence-electron chi connectivity index (χ3n) is 3.22. The van der Waals surface area contributed by atoms with Crippen LogP contribution in [0, 0.1) is 0 Å². The molecule has 0 unspecified atom stereocenters. The van der Waals surface area contributed by atoms with Gasteiger partial charge in [0.25, 0.3) is 0 Å². The maximum atomic E-state index is 10.5. The minimum absolute atomic E-state index is 0.656. The van der Waals surface area contributed by atoms with Gasteiger partial charge in [0.15, 0.2) is 0 Å². The van der Waals surface area contributed by atoms with Gasteiger partial charge >= 0.3 is 0 Å². The smallest absolute Gasteiger partial charge is 0.107 e. The van der Waals surface area contributed by atoms with Crippen molar-refractivity contribution in [3.63, 3.8) is 0 Å². The second-order valence-corrected chi connectivity index (χ2v) is 4.70. The summed E-state index contributed by atoms with van der Waals surface area (Å²) in [4.78, 5) is 4.26. The lowest BCUT2D eigenvalue weighted by Crippen LogP contribution is -2.36. The molecule has 0 saturated heterocycles. The summed E-state index contributed by atoms with van der Waals surface area (Å²) in [6.07, 6.45) is 3.68. The first-order chi connectivity index (χ1) is 7.67. The van der Waals surface area contributed by atoms with Gasteiger partial charge < -0.3 is 5.11 Å². The molecule has 0 spiro atoms. The first-order valence-corrected chi connectivity index (χ1v) is 6.00. The third-order valence-corrected chi connectivity index (χ3v) is 3.55. The molecular formula is C13H16ClNO. The van der Waals surface area contributed by atoms with Crippen LogP contribution in [0.4, 0.5) is 0 Å². The van der Waals surface area contributed by atoms with Gasteiger partial charge in [0.2, 0.25) is 0 Å². The fourth-order valence-corrected chi connectivity index (χ4v) is 2.65. The molecule has 3 heteroatoms. The summed E-state index contributed by atoms with van der Waals surface area (Å²) in [6, 6.07) is 7.56. The van der Waals surface area contributed by atoms with E-state index in [1.54, 1.807) is 7.05 Å². The topological polar surface area (TPSA) is 32.6 Å². The highest BCUT2D eigenvalue weighted by molar-refractivity contribution is 6.34. The van der Waals surface area contributed by atoms with E-state index >= 15 is 0 Å². The van der Waals surface area contributed by atoms with E-state index in [4.69, 9.17) is 11.6 Å². The number of aliphatic hydroxyl groups is 1. The first kappa shape index (κ1) is 11.6. The van der Waals surface area contributed by atoms with Gasteiger partial charge in [0.05, 0.1) is 5.71 Å². The van der Waals surface area contributed by atoms with Gasteiger partial charge in [-0.25, -0.2) is 0 Å². The highest BCUT2D eigenvalue weighted by Gasteiger charge is 2.37. The molecule has 86 valence electrons. The molecule has 1 N–H and O–H groups in total. The molecule has 1 fully saturated rings. The fraction of sp³-hybridized carbons (Fsp3) is 0.462. The highest BCUT2D eigenvalue weighted by atomic mass is 35.5. The molecule has 2 rings (SSSR count). The Morgan fingerprint density at radius 2 is 1.94 bits per heavy atom. The fourth-order valence-electron chi connectivity index (χ4n) is 2.43. The predicted octanol–water partition coefficient (Wildman–Crippen LogP) is 3.06. The Morgan fingerprint density at radius 3 is 2.50 bits per heavy atom. The van der Waals surface area contributed by atoms with Crippen molar-refractivity contribution in [1.29, 1.82) is 0 Å². The predicted molar refractivity (Wildman–Crippen MR) is 67.3 cm³/mol. The SMILES string of the molecule is CN=C(c1ccccc1Cl)C1(O)CCCC1. The Bertz CT molecular complexity index is 408. The minimum Gasteiger partial charge on any atom is -0.384 e. The van der Waals surface area contributed by atoms with E-state index in [1.165, 1.54) is 0 Å². The zero-order valence-corrected chi connectivity index (χ0v) is 10.2. The van der Waals surface area contributed by atoms with Crippen molar-refractivity contribution in [1.82, 2.24) is 0 Å². The number of rotatable bonds is 2. The lowest BCUT2D eigenvalue weighted by Gasteiger charge is -2.25. The van der Waals surface area contributed by atoms with E-state index in [2.05, 4.69) is 4.99 Å². The Labute approximate surface area is 101 Å². The Hall–Kier alpha value is -0.860. The standard InChI is InChI=1S/C13H16ClNO/c1-15-12(13(16)8-4-5-9-13)10-6-2-3-7-11(10)14/h2-3,6-7,16H,4-5,8-9H2,1H3. The number of aliphatic imine (C=N–C) groups is 1. The second-order valence-electron chi connectivity index (χ2n) is 4.29. The monoisotopic (exact) mass is 237 g/mol. The van der Waals surface area contributed by atoms with E-state index in [-0.39, 0.29) is 0 Å². The molecule has 0 amide bonds. The summed E-state index contributed by atoms with van der Waals surface area (Å²) in [5, 5.41) is 11.2. The molecular weight excluding hydrogens is 222 g/mol. The van der Waals surface area contributed by atoms with Crippen LogP contribution < -0.4 is 0 Å². The summed E-state index contributed by atoms with van der Waals surface area (Å²) in [5.74, 6) is 0. The van der Waals surface area contributed by atoms with Crippen molar-refractivity contribution < 1.29 is 5.11 Å². The number of halogens is 1. The molecule has 0 radical (unpaired) electrons. The quantitative estimate of drug-likeness (QED) is 0.788. The van der Waals surface area contributed by atoms with Crippen LogP contribution in [-0.4, -0.2) is 23.5 Å². The molecule has 1 aromatic carbocycles. The van der Waals surface area contributed by atoms with E-state index < -0.39 is 5.60 Å². The zero-order valence-electron chi connectivity index (χ0n) is 9.41. The summed E-state index contributed by atoms with van der Waals surface area (Å²) in [6.45, 7) is 0. The molecule has 0 atom stereocenters. The lowest BCUT2D eigenvalue weighted by molar-refractivity contribution is 0.121. The van der Waals surface area contributed by atoms with Gasteiger partial charge in [-0.2, -0.15) is 0 Å². The van der Waals surface area contributed by atoms with E-state index in [0.717, 1.165) is 37.0 Å². The van der Waals surface area contributed by atoms with Crippen LogP contribution in [0.15, 0.2) is 29.3 Å². The maximum absolute atomic E-state index is 10.5. The molecule has 1 aliphatic carbocycles. The van der Waals surface area contributed by atoms with Gasteiger partial charge in [-0.1, -0.05) is 42.6 Å². The van der Waals surface area contributed by atoms with Gasteiger partial charge in [-0.3, -0.25) is 4.99 Å². The highest BCUT2D eigenvalue weighted by Crippen LogP contribution is 2.34. The van der Waals surface area contributed by atoms with Crippen molar-refractivity contribution in [2.24, 2.45) is 4.99 Å². The van der Waals surface area contributed by atoms with Crippen molar-refractivity contribution in [3.8, 4) is 0 Å². The number of hydrogen-bond donors (Lipinski definition) is 1.